The molecule has 0 saturated carbocycles. The average Bonchev–Trinajstić information content (AvgIpc) is 3.04. The van der Waals surface area contributed by atoms with E-state index in [9.17, 15) is 18.0 Å². The number of rotatable bonds is 9. The summed E-state index contributed by atoms with van der Waals surface area (Å²) in [5.74, 6) is -1.00. The van der Waals surface area contributed by atoms with Crippen LogP contribution in [0.4, 0.5) is 11.6 Å². The van der Waals surface area contributed by atoms with Crippen LogP contribution < -0.4 is 10.0 Å². The minimum Gasteiger partial charge on any atom is -0.461 e. The lowest BCUT2D eigenvalue weighted by Crippen LogP contribution is -2.16. The number of nitrogens with zero attached hydrogens (tertiary/aromatic N) is 3. The van der Waals surface area contributed by atoms with Crippen LogP contribution in [0.1, 0.15) is 39.0 Å². The third-order valence-corrected chi connectivity index (χ3v) is 6.33. The van der Waals surface area contributed by atoms with Gasteiger partial charge in [0.25, 0.3) is 15.9 Å². The first-order chi connectivity index (χ1) is 16.2. The molecule has 2 heterocycles. The first kappa shape index (κ1) is 24.6. The molecule has 3 rings (SSSR count). The summed E-state index contributed by atoms with van der Waals surface area (Å²) in [7, 11) is -3.90. The zero-order valence-corrected chi connectivity index (χ0v) is 19.8. The smallest absolute Gasteiger partial charge is 0.355 e. The number of anilines is 2. The molecule has 1 amide bonds. The lowest BCUT2D eigenvalue weighted by Gasteiger charge is -2.09. The second-order valence-electron chi connectivity index (χ2n) is 7.21. The number of ether oxygens (including phenoxy) is 1. The number of esters is 1. The number of hydrogen-bond acceptors (Lipinski definition) is 7. The normalized spacial score (nSPS) is 11.0. The lowest BCUT2D eigenvalue weighted by molar-refractivity contribution is 0.0513. The highest BCUT2D eigenvalue weighted by molar-refractivity contribution is 7.92. The van der Waals surface area contributed by atoms with E-state index in [4.69, 9.17) is 4.74 Å². The number of benzene rings is 1. The number of aromatic nitrogens is 3. The van der Waals surface area contributed by atoms with Crippen LogP contribution in [-0.2, 0) is 21.3 Å². The van der Waals surface area contributed by atoms with E-state index in [1.807, 2.05) is 0 Å². The Hall–Kier alpha value is -3.99. The SMILES string of the molecule is C=CCn1c(C)c(C(=O)Nc2ccc(S(=O)(=O)Nc3ncccn3)cc2)c(C)c1C(=O)OCC. The van der Waals surface area contributed by atoms with Gasteiger partial charge in [0.1, 0.15) is 5.69 Å². The van der Waals surface area contributed by atoms with E-state index < -0.39 is 21.9 Å². The van der Waals surface area contributed by atoms with Gasteiger partial charge in [0.15, 0.2) is 0 Å². The molecule has 10 nitrogen and oxygen atoms in total. The molecule has 0 aliphatic carbocycles. The predicted octanol–water partition coefficient (Wildman–Crippen LogP) is 3.31. The van der Waals surface area contributed by atoms with Gasteiger partial charge in [0.2, 0.25) is 5.95 Å². The monoisotopic (exact) mass is 483 g/mol. The maximum absolute atomic E-state index is 13.1. The van der Waals surface area contributed by atoms with Crippen molar-refractivity contribution in [3.8, 4) is 0 Å². The molecular weight excluding hydrogens is 458 g/mol. The molecule has 0 aliphatic heterocycles. The van der Waals surface area contributed by atoms with Crippen molar-refractivity contribution in [2.75, 3.05) is 16.6 Å². The molecule has 11 heteroatoms. The van der Waals surface area contributed by atoms with Crippen LogP contribution in [-0.4, -0.2) is 41.4 Å². The molecule has 0 fully saturated rings. The molecular formula is C23H25N5O5S. The van der Waals surface area contributed by atoms with Crippen LogP contribution in [0.25, 0.3) is 0 Å². The Labute approximate surface area is 197 Å². The van der Waals surface area contributed by atoms with E-state index in [1.54, 1.807) is 37.5 Å². The Kier molecular flexibility index (Phi) is 7.47. The summed E-state index contributed by atoms with van der Waals surface area (Å²) in [4.78, 5) is 33.2. The fourth-order valence-electron chi connectivity index (χ4n) is 3.49. The fourth-order valence-corrected chi connectivity index (χ4v) is 4.45. The van der Waals surface area contributed by atoms with Gasteiger partial charge < -0.3 is 14.6 Å². The molecule has 0 aliphatic rings. The zero-order chi connectivity index (χ0) is 24.9. The van der Waals surface area contributed by atoms with Crippen LogP contribution in [0, 0.1) is 13.8 Å². The summed E-state index contributed by atoms with van der Waals surface area (Å²) in [5.41, 5.74) is 2.09. The van der Waals surface area contributed by atoms with Crippen LogP contribution in [0.5, 0.6) is 0 Å². The van der Waals surface area contributed by atoms with E-state index in [1.165, 1.54) is 36.7 Å². The number of allylic oxidation sites excluding steroid dienone is 1. The lowest BCUT2D eigenvalue weighted by atomic mass is 10.1. The maximum atomic E-state index is 13.1. The Morgan fingerprint density at radius 1 is 1.15 bits per heavy atom. The summed E-state index contributed by atoms with van der Waals surface area (Å²) in [6.07, 6.45) is 4.47. The van der Waals surface area contributed by atoms with Gasteiger partial charge in [0.05, 0.1) is 17.1 Å². The topological polar surface area (TPSA) is 132 Å². The third-order valence-electron chi connectivity index (χ3n) is 4.99. The second kappa shape index (κ2) is 10.3. The summed E-state index contributed by atoms with van der Waals surface area (Å²) in [6.45, 7) is 9.38. The van der Waals surface area contributed by atoms with E-state index in [0.29, 0.717) is 34.7 Å². The molecule has 1 aromatic carbocycles. The summed E-state index contributed by atoms with van der Waals surface area (Å²) >= 11 is 0. The van der Waals surface area contributed by atoms with Crippen molar-refractivity contribution in [1.82, 2.24) is 14.5 Å². The van der Waals surface area contributed by atoms with E-state index in [0.717, 1.165) is 0 Å². The van der Waals surface area contributed by atoms with Gasteiger partial charge in [-0.15, -0.1) is 6.58 Å². The number of amides is 1. The van der Waals surface area contributed by atoms with Crippen molar-refractivity contribution in [3.05, 3.63) is 77.9 Å². The third kappa shape index (κ3) is 5.15. The van der Waals surface area contributed by atoms with E-state index >= 15 is 0 Å². The fraction of sp³-hybridized carbons (Fsp3) is 0.217. The summed E-state index contributed by atoms with van der Waals surface area (Å²) in [5, 5.41) is 2.75. The highest BCUT2D eigenvalue weighted by atomic mass is 32.2. The summed E-state index contributed by atoms with van der Waals surface area (Å²) < 4.78 is 34.2. The highest BCUT2D eigenvalue weighted by Crippen LogP contribution is 2.25. The first-order valence-electron chi connectivity index (χ1n) is 10.4. The van der Waals surface area contributed by atoms with Gasteiger partial charge in [-0.2, -0.15) is 0 Å². The van der Waals surface area contributed by atoms with E-state index in [-0.39, 0.29) is 17.5 Å². The number of carbonyl (C=O) groups excluding carboxylic acids is 2. The molecule has 0 radical (unpaired) electrons. The van der Waals surface area contributed by atoms with Gasteiger partial charge in [0, 0.05) is 30.3 Å². The first-order valence-corrected chi connectivity index (χ1v) is 11.9. The average molecular weight is 484 g/mol. The number of carbonyl (C=O) groups is 2. The van der Waals surface area contributed by atoms with Crippen molar-refractivity contribution in [2.45, 2.75) is 32.2 Å². The number of nitrogens with one attached hydrogen (secondary N) is 2. The molecule has 3 aromatic rings. The zero-order valence-electron chi connectivity index (χ0n) is 19.0. The minimum atomic E-state index is -3.90. The Balaban J connectivity index is 1.84. The van der Waals surface area contributed by atoms with Crippen LogP contribution in [0.2, 0.25) is 0 Å². The van der Waals surface area contributed by atoms with Gasteiger partial charge in [-0.1, -0.05) is 6.08 Å². The molecule has 2 aromatic heterocycles. The molecule has 0 atom stereocenters. The predicted molar refractivity (Wildman–Crippen MR) is 127 cm³/mol. The molecule has 0 bridgehead atoms. The van der Waals surface area contributed by atoms with Crippen LogP contribution in [0.3, 0.4) is 0 Å². The van der Waals surface area contributed by atoms with Crippen molar-refractivity contribution in [1.29, 1.82) is 0 Å². The maximum Gasteiger partial charge on any atom is 0.355 e. The van der Waals surface area contributed by atoms with Crippen molar-refractivity contribution in [3.63, 3.8) is 0 Å². The van der Waals surface area contributed by atoms with Gasteiger partial charge in [-0.25, -0.2) is 27.9 Å². The highest BCUT2D eigenvalue weighted by Gasteiger charge is 2.27. The Bertz CT molecular complexity index is 1320. The molecule has 2 N–H and O–H groups in total. The Morgan fingerprint density at radius 3 is 2.38 bits per heavy atom. The largest absolute Gasteiger partial charge is 0.461 e. The molecule has 34 heavy (non-hydrogen) atoms. The van der Waals surface area contributed by atoms with Crippen molar-refractivity contribution in [2.24, 2.45) is 0 Å². The Morgan fingerprint density at radius 2 is 1.79 bits per heavy atom. The molecule has 0 spiro atoms. The number of hydrogen-bond donors (Lipinski definition) is 2. The van der Waals surface area contributed by atoms with Crippen molar-refractivity contribution >= 4 is 33.5 Å². The second-order valence-corrected chi connectivity index (χ2v) is 8.89. The number of sulfonamides is 1. The van der Waals surface area contributed by atoms with Crippen LogP contribution >= 0.6 is 0 Å². The van der Waals surface area contributed by atoms with Gasteiger partial charge in [-0.05, 0) is 56.7 Å². The van der Waals surface area contributed by atoms with Gasteiger partial charge in [-0.3, -0.25) is 4.79 Å². The molecule has 178 valence electrons. The summed E-state index contributed by atoms with van der Waals surface area (Å²) in [6, 6.07) is 7.22. The standard InChI is InChI=1S/C23H25N5O5S/c1-5-14-28-16(4)19(15(3)20(28)22(30)33-6-2)21(29)26-17-8-10-18(11-9-17)34(31,32)27-23-24-12-7-13-25-23/h5,7-13H,1,6,14H2,2-4H3,(H,26,29)(H,24,25,27). The molecule has 0 saturated heterocycles. The van der Waals surface area contributed by atoms with Crippen molar-refractivity contribution < 1.29 is 22.7 Å². The van der Waals surface area contributed by atoms with Crippen LogP contribution in [0.15, 0.2) is 60.3 Å². The molecule has 0 unspecified atom stereocenters. The van der Waals surface area contributed by atoms with E-state index in [2.05, 4.69) is 26.6 Å². The quantitative estimate of drug-likeness (QED) is 0.352. The minimum absolute atomic E-state index is 0.0213. The van der Waals surface area contributed by atoms with Gasteiger partial charge >= 0.3 is 5.97 Å².